The average molecular weight is 427 g/mol. The lowest BCUT2D eigenvalue weighted by atomic mass is 10.0. The number of hydrogen-bond acceptors (Lipinski definition) is 7. The summed E-state index contributed by atoms with van der Waals surface area (Å²) in [5.74, 6) is 0.785. The molecule has 4 heterocycles. The summed E-state index contributed by atoms with van der Waals surface area (Å²) in [7, 11) is 0. The van der Waals surface area contributed by atoms with E-state index in [1.54, 1.807) is 22.8 Å². The first-order valence-corrected chi connectivity index (χ1v) is 10.4. The average Bonchev–Trinajstić information content (AvgIpc) is 3.36. The molecular weight excluding hydrogens is 408 g/mol. The highest BCUT2D eigenvalue weighted by Gasteiger charge is 2.31. The standard InChI is InChI=1S/C20H19F2N7S/c1-12-23-20(30-27-12)28-10-8-17(16(22)11-28)24-19-25-18-15(3-2-9-29(18)26-19)13-4-6-14(21)7-5-13/h2-7,9,16-17H,8,10-11H2,1H3,(H,24,26)/t16-,17?/m0/s1. The minimum Gasteiger partial charge on any atom is -0.347 e. The molecule has 1 fully saturated rings. The van der Waals surface area contributed by atoms with Gasteiger partial charge in [0.15, 0.2) is 5.65 Å². The van der Waals surface area contributed by atoms with Gasteiger partial charge in [-0.2, -0.15) is 9.36 Å². The van der Waals surface area contributed by atoms with Gasteiger partial charge in [-0.3, -0.25) is 0 Å². The van der Waals surface area contributed by atoms with Crippen LogP contribution < -0.4 is 10.2 Å². The van der Waals surface area contributed by atoms with Gasteiger partial charge in [0.2, 0.25) is 11.1 Å². The van der Waals surface area contributed by atoms with Crippen molar-refractivity contribution in [3.8, 4) is 11.1 Å². The normalized spacial score (nSPS) is 19.4. The number of alkyl halides is 1. The Kier molecular flexibility index (Phi) is 4.78. The molecule has 10 heteroatoms. The van der Waals surface area contributed by atoms with Crippen molar-refractivity contribution in [2.24, 2.45) is 0 Å². The van der Waals surface area contributed by atoms with E-state index in [9.17, 15) is 8.78 Å². The first kappa shape index (κ1) is 18.9. The first-order valence-electron chi connectivity index (χ1n) is 9.64. The minimum absolute atomic E-state index is 0.250. The maximum absolute atomic E-state index is 14.9. The van der Waals surface area contributed by atoms with Crippen molar-refractivity contribution in [1.29, 1.82) is 0 Å². The summed E-state index contributed by atoms with van der Waals surface area (Å²) in [6, 6.07) is 9.60. The van der Waals surface area contributed by atoms with E-state index in [-0.39, 0.29) is 18.4 Å². The van der Waals surface area contributed by atoms with Crippen molar-refractivity contribution in [3.63, 3.8) is 0 Å². The van der Waals surface area contributed by atoms with Crippen LogP contribution in [0.4, 0.5) is 19.9 Å². The second-order valence-corrected chi connectivity index (χ2v) is 7.99. The molecule has 0 amide bonds. The quantitative estimate of drug-likeness (QED) is 0.535. The van der Waals surface area contributed by atoms with E-state index in [2.05, 4.69) is 24.8 Å². The minimum atomic E-state index is -1.09. The van der Waals surface area contributed by atoms with Crippen LogP contribution in [0, 0.1) is 12.7 Å². The van der Waals surface area contributed by atoms with E-state index < -0.39 is 6.17 Å². The number of nitrogens with one attached hydrogen (secondary N) is 1. The smallest absolute Gasteiger partial charge is 0.243 e. The van der Waals surface area contributed by atoms with Crippen LogP contribution >= 0.6 is 11.5 Å². The van der Waals surface area contributed by atoms with Crippen molar-refractivity contribution in [1.82, 2.24) is 24.0 Å². The summed E-state index contributed by atoms with van der Waals surface area (Å²) in [5, 5.41) is 8.35. The van der Waals surface area contributed by atoms with Gasteiger partial charge in [-0.15, -0.1) is 5.10 Å². The molecule has 1 aliphatic rings. The fraction of sp³-hybridized carbons (Fsp3) is 0.300. The van der Waals surface area contributed by atoms with Gasteiger partial charge in [-0.05, 0) is 43.2 Å². The molecule has 0 bridgehead atoms. The number of halogens is 2. The maximum atomic E-state index is 14.9. The van der Waals surface area contributed by atoms with Crippen LogP contribution in [0.2, 0.25) is 0 Å². The van der Waals surface area contributed by atoms with Crippen LogP contribution in [-0.4, -0.2) is 49.3 Å². The fourth-order valence-electron chi connectivity index (χ4n) is 3.64. The predicted molar refractivity (Wildman–Crippen MR) is 112 cm³/mol. The van der Waals surface area contributed by atoms with Crippen LogP contribution in [0.1, 0.15) is 12.2 Å². The van der Waals surface area contributed by atoms with E-state index in [1.165, 1.54) is 23.7 Å². The molecule has 1 N–H and O–H groups in total. The Morgan fingerprint density at radius 3 is 2.73 bits per heavy atom. The Balaban J connectivity index is 1.35. The summed E-state index contributed by atoms with van der Waals surface area (Å²) in [4.78, 5) is 10.8. The largest absolute Gasteiger partial charge is 0.347 e. The third-order valence-electron chi connectivity index (χ3n) is 5.16. The highest BCUT2D eigenvalue weighted by molar-refractivity contribution is 7.09. The second kappa shape index (κ2) is 7.60. The van der Waals surface area contributed by atoms with Crippen LogP contribution in [-0.2, 0) is 0 Å². The van der Waals surface area contributed by atoms with Gasteiger partial charge < -0.3 is 10.2 Å². The second-order valence-electron chi connectivity index (χ2n) is 7.26. The summed E-state index contributed by atoms with van der Waals surface area (Å²) in [6.45, 7) is 2.76. The molecule has 5 rings (SSSR count). The number of hydrogen-bond donors (Lipinski definition) is 1. The van der Waals surface area contributed by atoms with Gasteiger partial charge >= 0.3 is 0 Å². The van der Waals surface area contributed by atoms with Gasteiger partial charge in [0.1, 0.15) is 17.8 Å². The molecule has 2 atom stereocenters. The zero-order valence-electron chi connectivity index (χ0n) is 16.2. The lowest BCUT2D eigenvalue weighted by Crippen LogP contribution is -2.48. The molecule has 154 valence electrons. The number of rotatable bonds is 4. The molecule has 30 heavy (non-hydrogen) atoms. The van der Waals surface area contributed by atoms with Crippen molar-refractivity contribution >= 4 is 28.3 Å². The van der Waals surface area contributed by atoms with E-state index in [4.69, 9.17) is 0 Å². The molecule has 3 aromatic heterocycles. The number of pyridine rings is 1. The number of anilines is 2. The molecule has 4 aromatic rings. The van der Waals surface area contributed by atoms with Crippen molar-refractivity contribution in [2.75, 3.05) is 23.3 Å². The third-order valence-corrected chi connectivity index (χ3v) is 6.03. The van der Waals surface area contributed by atoms with Crippen LogP contribution in [0.5, 0.6) is 0 Å². The highest BCUT2D eigenvalue weighted by Crippen LogP contribution is 2.27. The van der Waals surface area contributed by atoms with Gasteiger partial charge in [0.25, 0.3) is 0 Å². The van der Waals surface area contributed by atoms with Gasteiger partial charge in [0, 0.05) is 29.8 Å². The molecule has 1 aromatic carbocycles. The Labute approximate surface area is 175 Å². The molecule has 7 nitrogen and oxygen atoms in total. The van der Waals surface area contributed by atoms with Crippen LogP contribution in [0.3, 0.4) is 0 Å². The molecule has 1 saturated heterocycles. The number of benzene rings is 1. The summed E-state index contributed by atoms with van der Waals surface area (Å²) < 4.78 is 34.0. The zero-order valence-corrected chi connectivity index (χ0v) is 17.0. The van der Waals surface area contributed by atoms with Gasteiger partial charge in [0.05, 0.1) is 12.6 Å². The number of nitrogens with zero attached hydrogens (tertiary/aromatic N) is 6. The lowest BCUT2D eigenvalue weighted by molar-refractivity contribution is 0.263. The van der Waals surface area contributed by atoms with Crippen molar-refractivity contribution < 1.29 is 8.78 Å². The summed E-state index contributed by atoms with van der Waals surface area (Å²) >= 11 is 1.29. The number of fused-ring (bicyclic) bond motifs is 1. The molecule has 1 unspecified atom stereocenters. The van der Waals surface area contributed by atoms with Crippen molar-refractivity contribution in [2.45, 2.75) is 25.6 Å². The fourth-order valence-corrected chi connectivity index (χ4v) is 4.35. The summed E-state index contributed by atoms with van der Waals surface area (Å²) in [5.41, 5.74) is 2.30. The topological polar surface area (TPSA) is 71.2 Å². The van der Waals surface area contributed by atoms with Gasteiger partial charge in [-0.25, -0.2) is 18.3 Å². The summed E-state index contributed by atoms with van der Waals surface area (Å²) in [6.07, 6.45) is 1.29. The molecule has 0 aliphatic carbocycles. The van der Waals surface area contributed by atoms with Gasteiger partial charge in [-0.1, -0.05) is 12.1 Å². The SMILES string of the molecule is Cc1nsc(N2CCC(Nc3nc4c(-c5ccc(F)cc5)cccn4n3)[C@@H](F)C2)n1. The molecule has 1 aliphatic heterocycles. The Hall–Kier alpha value is -3.14. The lowest BCUT2D eigenvalue weighted by Gasteiger charge is -2.34. The third kappa shape index (κ3) is 3.58. The Morgan fingerprint density at radius 2 is 2.00 bits per heavy atom. The number of piperidine rings is 1. The van der Waals surface area contributed by atoms with Crippen LogP contribution in [0.15, 0.2) is 42.6 Å². The van der Waals surface area contributed by atoms with Crippen LogP contribution in [0.25, 0.3) is 16.8 Å². The van der Waals surface area contributed by atoms with E-state index in [1.807, 2.05) is 24.0 Å². The monoisotopic (exact) mass is 427 g/mol. The molecule has 0 radical (unpaired) electrons. The molecule has 0 saturated carbocycles. The number of aromatic nitrogens is 5. The van der Waals surface area contributed by atoms with E-state index in [0.29, 0.717) is 30.4 Å². The zero-order chi connectivity index (χ0) is 20.7. The highest BCUT2D eigenvalue weighted by atomic mass is 32.1. The van der Waals surface area contributed by atoms with Crippen molar-refractivity contribution in [3.05, 3.63) is 54.2 Å². The number of aryl methyl sites for hydroxylation is 1. The van der Waals surface area contributed by atoms with E-state index in [0.717, 1.165) is 16.3 Å². The molecular formula is C20H19F2N7S. The molecule has 0 spiro atoms. The van der Waals surface area contributed by atoms with E-state index >= 15 is 0 Å². The predicted octanol–water partition coefficient (Wildman–Crippen LogP) is 3.72. The maximum Gasteiger partial charge on any atom is 0.243 e. The Morgan fingerprint density at radius 1 is 1.17 bits per heavy atom. The Bertz CT molecular complexity index is 1170. The first-order chi connectivity index (χ1) is 14.6.